The number of para-hydroxylation sites is 1. The van der Waals surface area contributed by atoms with Gasteiger partial charge in [-0.05, 0) is 60.5 Å². The van der Waals surface area contributed by atoms with E-state index >= 15 is 0 Å². The van der Waals surface area contributed by atoms with E-state index in [2.05, 4.69) is 6.58 Å². The highest BCUT2D eigenvalue weighted by Gasteiger charge is 2.37. The van der Waals surface area contributed by atoms with E-state index in [4.69, 9.17) is 14.6 Å². The van der Waals surface area contributed by atoms with Crippen molar-refractivity contribution in [1.29, 1.82) is 0 Å². The van der Waals surface area contributed by atoms with Gasteiger partial charge in [-0.25, -0.2) is 9.40 Å². The van der Waals surface area contributed by atoms with Crippen molar-refractivity contribution in [1.82, 2.24) is 5.01 Å². The van der Waals surface area contributed by atoms with Gasteiger partial charge in [0.25, 0.3) is 5.91 Å². The molecule has 0 saturated heterocycles. The lowest BCUT2D eigenvalue weighted by Gasteiger charge is -2.24. The normalized spacial score (nSPS) is 14.5. The van der Waals surface area contributed by atoms with Gasteiger partial charge in [-0.15, -0.1) is 0 Å². The Balaban J connectivity index is 1.50. The zero-order valence-corrected chi connectivity index (χ0v) is 22.8. The number of nitrogens with zero attached hydrogens (tertiary/aromatic N) is 2. The second kappa shape index (κ2) is 11.7. The second-order valence-electron chi connectivity index (χ2n) is 9.16. The van der Waals surface area contributed by atoms with Crippen molar-refractivity contribution in [3.8, 4) is 11.5 Å². The predicted molar refractivity (Wildman–Crippen MR) is 156 cm³/mol. The molecule has 0 radical (unpaired) electrons. The number of thioether (sulfide) groups is 1. The van der Waals surface area contributed by atoms with Crippen molar-refractivity contribution in [2.45, 2.75) is 18.9 Å². The Labute approximate surface area is 236 Å². The topological polar surface area (TPSA) is 71.4 Å². The lowest BCUT2D eigenvalue weighted by Crippen LogP contribution is -2.27. The zero-order valence-electron chi connectivity index (χ0n) is 22.0. The molecule has 1 N–H and O–H groups in total. The summed E-state index contributed by atoms with van der Waals surface area (Å²) in [5.74, 6) is 0.336. The largest absolute Gasteiger partial charge is 0.508 e. The third-order valence-corrected chi connectivity index (χ3v) is 7.67. The fourth-order valence-corrected chi connectivity index (χ4v) is 5.57. The van der Waals surface area contributed by atoms with Gasteiger partial charge in [0.1, 0.15) is 28.6 Å². The second-order valence-corrected chi connectivity index (χ2v) is 10.2. The first-order valence-electron chi connectivity index (χ1n) is 12.5. The van der Waals surface area contributed by atoms with Crippen LogP contribution in [0.25, 0.3) is 5.76 Å². The molecule has 0 fully saturated rings. The molecule has 1 atom stereocenters. The standard InChI is InChI=1S/C32H27FN2O4S/c1-20-8-4-5-11-26(20)31(37)35-32(40-30(34-35)23-14-16-25(33)17-15-23)27-12-7-13-28(29(27)38-3)39-19-22-9-6-10-24(18-22)21(2)36/h4-18,32,36H,2,19H2,1,3H3. The van der Waals surface area contributed by atoms with Crippen LogP contribution in [0, 0.1) is 12.7 Å². The number of aliphatic hydroxyl groups excluding tert-OH is 1. The summed E-state index contributed by atoms with van der Waals surface area (Å²) in [5.41, 5.74) is 4.22. The summed E-state index contributed by atoms with van der Waals surface area (Å²) in [4.78, 5) is 13.8. The predicted octanol–water partition coefficient (Wildman–Crippen LogP) is 7.50. The van der Waals surface area contributed by atoms with Crippen LogP contribution in [-0.4, -0.2) is 28.2 Å². The highest BCUT2D eigenvalue weighted by Crippen LogP contribution is 2.47. The first-order valence-corrected chi connectivity index (χ1v) is 13.4. The summed E-state index contributed by atoms with van der Waals surface area (Å²) in [7, 11) is 1.55. The Hall–Kier alpha value is -4.56. The number of benzene rings is 4. The van der Waals surface area contributed by atoms with Gasteiger partial charge < -0.3 is 14.6 Å². The maximum absolute atomic E-state index is 13.8. The van der Waals surface area contributed by atoms with Gasteiger partial charge in [-0.1, -0.05) is 66.9 Å². The molecule has 1 aliphatic heterocycles. The quantitative estimate of drug-likeness (QED) is 0.228. The van der Waals surface area contributed by atoms with Crippen molar-refractivity contribution < 1.29 is 23.8 Å². The van der Waals surface area contributed by atoms with Crippen LogP contribution < -0.4 is 9.47 Å². The van der Waals surface area contributed by atoms with E-state index in [1.54, 1.807) is 43.5 Å². The van der Waals surface area contributed by atoms with Gasteiger partial charge in [0.15, 0.2) is 11.5 Å². The molecule has 0 aromatic heterocycles. The fourth-order valence-electron chi connectivity index (χ4n) is 4.39. The molecule has 1 amide bonds. The number of halogens is 1. The number of aliphatic hydroxyl groups is 1. The summed E-state index contributed by atoms with van der Waals surface area (Å²) in [6, 6.07) is 26.2. The highest BCUT2D eigenvalue weighted by molar-refractivity contribution is 8.14. The number of carbonyl (C=O) groups excluding carboxylic acids is 1. The van der Waals surface area contributed by atoms with E-state index < -0.39 is 5.37 Å². The molecule has 5 rings (SSSR count). The molecule has 4 aromatic carbocycles. The number of aryl methyl sites for hydroxylation is 1. The number of methoxy groups -OCH3 is 1. The summed E-state index contributed by atoms with van der Waals surface area (Å²) in [6.07, 6.45) is 0. The van der Waals surface area contributed by atoms with Crippen LogP contribution in [0.5, 0.6) is 11.5 Å². The monoisotopic (exact) mass is 554 g/mol. The van der Waals surface area contributed by atoms with Crippen molar-refractivity contribution in [3.05, 3.63) is 137 Å². The van der Waals surface area contributed by atoms with Crippen LogP contribution in [0.2, 0.25) is 0 Å². The van der Waals surface area contributed by atoms with E-state index in [1.807, 2.05) is 49.4 Å². The molecule has 8 heteroatoms. The molecule has 40 heavy (non-hydrogen) atoms. The van der Waals surface area contributed by atoms with E-state index in [1.165, 1.54) is 28.9 Å². The third kappa shape index (κ3) is 5.58. The minimum absolute atomic E-state index is 0.0185. The average Bonchev–Trinajstić information content (AvgIpc) is 3.41. The molecule has 202 valence electrons. The molecule has 0 bridgehead atoms. The molecule has 1 unspecified atom stereocenters. The van der Waals surface area contributed by atoms with Gasteiger partial charge in [0, 0.05) is 22.3 Å². The molecule has 4 aromatic rings. The van der Waals surface area contributed by atoms with Crippen LogP contribution in [0.4, 0.5) is 4.39 Å². The van der Waals surface area contributed by atoms with Crippen LogP contribution in [-0.2, 0) is 6.61 Å². The number of hydrogen-bond donors (Lipinski definition) is 1. The average molecular weight is 555 g/mol. The molecule has 1 heterocycles. The first-order chi connectivity index (χ1) is 19.4. The molecule has 1 aliphatic rings. The lowest BCUT2D eigenvalue weighted by atomic mass is 10.1. The van der Waals surface area contributed by atoms with Crippen LogP contribution in [0.3, 0.4) is 0 Å². The maximum Gasteiger partial charge on any atom is 0.275 e. The number of hydrazone groups is 1. The summed E-state index contributed by atoms with van der Waals surface area (Å²) in [5, 5.41) is 15.9. The Kier molecular flexibility index (Phi) is 7.89. The Morgan fingerprint density at radius 1 is 1.05 bits per heavy atom. The molecular weight excluding hydrogens is 527 g/mol. The van der Waals surface area contributed by atoms with Gasteiger partial charge >= 0.3 is 0 Å². The molecule has 0 aliphatic carbocycles. The van der Waals surface area contributed by atoms with Crippen LogP contribution in [0.15, 0.2) is 103 Å². The van der Waals surface area contributed by atoms with Crippen molar-refractivity contribution >= 4 is 28.5 Å². The number of amides is 1. The number of hydrogen-bond acceptors (Lipinski definition) is 6. The maximum atomic E-state index is 13.8. The Morgan fingerprint density at radius 3 is 2.52 bits per heavy atom. The van der Waals surface area contributed by atoms with E-state index in [0.29, 0.717) is 38.8 Å². The smallest absolute Gasteiger partial charge is 0.275 e. The number of ether oxygens (including phenoxy) is 2. The first kappa shape index (κ1) is 27.0. The molecular formula is C32H27FN2O4S. The molecule has 0 spiro atoms. The van der Waals surface area contributed by atoms with Gasteiger partial charge in [-0.2, -0.15) is 5.10 Å². The summed E-state index contributed by atoms with van der Waals surface area (Å²) >= 11 is 1.38. The SMILES string of the molecule is C=C(O)c1cccc(COc2cccc(C3SC(c4ccc(F)cc4)=NN3C(=O)c3ccccc3C)c2OC)c1. The van der Waals surface area contributed by atoms with Gasteiger partial charge in [0.2, 0.25) is 0 Å². The summed E-state index contributed by atoms with van der Waals surface area (Å²) in [6.45, 7) is 5.68. The minimum atomic E-state index is -0.563. The van der Waals surface area contributed by atoms with Crippen molar-refractivity contribution in [2.24, 2.45) is 5.10 Å². The third-order valence-electron chi connectivity index (χ3n) is 6.45. The van der Waals surface area contributed by atoms with Crippen LogP contribution in [0.1, 0.15) is 43.5 Å². The molecule has 0 saturated carbocycles. The Morgan fingerprint density at radius 2 is 1.80 bits per heavy atom. The molecule has 6 nitrogen and oxygen atoms in total. The van der Waals surface area contributed by atoms with E-state index in [-0.39, 0.29) is 24.1 Å². The fraction of sp³-hybridized carbons (Fsp3) is 0.125. The lowest BCUT2D eigenvalue weighted by molar-refractivity contribution is 0.0747. The summed E-state index contributed by atoms with van der Waals surface area (Å²) < 4.78 is 25.6. The van der Waals surface area contributed by atoms with E-state index in [9.17, 15) is 14.3 Å². The van der Waals surface area contributed by atoms with E-state index in [0.717, 1.165) is 11.1 Å². The van der Waals surface area contributed by atoms with Crippen LogP contribution >= 0.6 is 11.8 Å². The van der Waals surface area contributed by atoms with Gasteiger partial charge in [-0.3, -0.25) is 4.79 Å². The van der Waals surface area contributed by atoms with Crippen molar-refractivity contribution in [2.75, 3.05) is 7.11 Å². The van der Waals surface area contributed by atoms with Gasteiger partial charge in [0.05, 0.1) is 7.11 Å². The minimum Gasteiger partial charge on any atom is -0.508 e. The van der Waals surface area contributed by atoms with Crippen molar-refractivity contribution in [3.63, 3.8) is 0 Å². The zero-order chi connectivity index (χ0) is 28.2. The number of carbonyl (C=O) groups is 1. The highest BCUT2D eigenvalue weighted by atomic mass is 32.2. The number of rotatable bonds is 8. The Bertz CT molecular complexity index is 1600.